The molecule has 2 aromatic heterocycles. The third kappa shape index (κ3) is 3.92. The van der Waals surface area contributed by atoms with Gasteiger partial charge in [0.1, 0.15) is 12.5 Å². The molecular weight excluding hydrogens is 295 g/mol. The third-order valence-corrected chi connectivity index (χ3v) is 4.44. The van der Waals surface area contributed by atoms with Crippen molar-refractivity contribution in [1.29, 1.82) is 0 Å². The number of aromatic nitrogens is 4. The fraction of sp³-hybridized carbons (Fsp3) is 0.562. The van der Waals surface area contributed by atoms with Gasteiger partial charge >= 0.3 is 0 Å². The summed E-state index contributed by atoms with van der Waals surface area (Å²) in [6.45, 7) is 6.70. The van der Waals surface area contributed by atoms with Crippen molar-refractivity contribution in [2.75, 3.05) is 13.1 Å². The quantitative estimate of drug-likeness (QED) is 0.845. The Morgan fingerprint density at radius 3 is 2.83 bits per heavy atom. The van der Waals surface area contributed by atoms with E-state index in [1.165, 1.54) is 11.9 Å². The Hall–Kier alpha value is -1.86. The van der Waals surface area contributed by atoms with Crippen LogP contribution in [0.5, 0.6) is 0 Å². The number of hydrogen-bond donors (Lipinski definition) is 2. The first-order valence-corrected chi connectivity index (χ1v) is 7.96. The van der Waals surface area contributed by atoms with E-state index in [0.717, 1.165) is 30.0 Å². The Labute approximate surface area is 135 Å². The molecule has 0 aromatic carbocycles. The lowest BCUT2D eigenvalue weighted by molar-refractivity contribution is 0.229. The van der Waals surface area contributed by atoms with Gasteiger partial charge in [-0.1, -0.05) is 0 Å². The summed E-state index contributed by atoms with van der Waals surface area (Å²) in [5.41, 5.74) is 4.32. The van der Waals surface area contributed by atoms with Crippen LogP contribution in [0.1, 0.15) is 28.9 Å². The number of hydrogen-bond acceptors (Lipinski definition) is 5. The minimum absolute atomic E-state index is 0.192. The lowest BCUT2D eigenvalue weighted by Gasteiger charge is -2.24. The van der Waals surface area contributed by atoms with E-state index in [0.29, 0.717) is 19.5 Å². The van der Waals surface area contributed by atoms with E-state index in [-0.39, 0.29) is 6.04 Å². The van der Waals surface area contributed by atoms with Crippen molar-refractivity contribution in [3.63, 3.8) is 0 Å². The predicted octanol–water partition coefficient (Wildman–Crippen LogP) is 1.52. The SMILES string of the molecule is Cc1n[nH]c(C)c1CNC[C@@H]1C[C@H](F)CN1Cc1cncnc1. The fourth-order valence-electron chi connectivity index (χ4n) is 3.17. The number of halogens is 1. The molecule has 3 heterocycles. The molecule has 0 bridgehead atoms. The summed E-state index contributed by atoms with van der Waals surface area (Å²) in [4.78, 5) is 10.2. The summed E-state index contributed by atoms with van der Waals surface area (Å²) < 4.78 is 13.8. The van der Waals surface area contributed by atoms with Crippen LogP contribution in [-0.4, -0.2) is 50.4 Å². The minimum atomic E-state index is -0.760. The maximum absolute atomic E-state index is 13.8. The lowest BCUT2D eigenvalue weighted by atomic mass is 10.1. The molecule has 0 amide bonds. The molecule has 2 N–H and O–H groups in total. The van der Waals surface area contributed by atoms with Crippen molar-refractivity contribution in [2.24, 2.45) is 0 Å². The van der Waals surface area contributed by atoms with Crippen molar-refractivity contribution in [1.82, 2.24) is 30.4 Å². The Morgan fingerprint density at radius 2 is 2.13 bits per heavy atom. The summed E-state index contributed by atoms with van der Waals surface area (Å²) in [7, 11) is 0. The molecule has 1 saturated heterocycles. The van der Waals surface area contributed by atoms with Gasteiger partial charge in [-0.3, -0.25) is 10.00 Å². The molecule has 1 fully saturated rings. The van der Waals surface area contributed by atoms with Crippen LogP contribution in [0.2, 0.25) is 0 Å². The highest BCUT2D eigenvalue weighted by Gasteiger charge is 2.31. The summed E-state index contributed by atoms with van der Waals surface area (Å²) in [5.74, 6) is 0. The smallest absolute Gasteiger partial charge is 0.115 e. The molecule has 0 saturated carbocycles. The first-order valence-electron chi connectivity index (χ1n) is 7.96. The van der Waals surface area contributed by atoms with Gasteiger partial charge in [-0.25, -0.2) is 14.4 Å². The van der Waals surface area contributed by atoms with Crippen LogP contribution in [0.3, 0.4) is 0 Å². The number of aryl methyl sites for hydroxylation is 2. The first kappa shape index (κ1) is 16.0. The van der Waals surface area contributed by atoms with Crippen LogP contribution in [0.25, 0.3) is 0 Å². The average molecular weight is 318 g/mol. The van der Waals surface area contributed by atoms with E-state index in [4.69, 9.17) is 0 Å². The van der Waals surface area contributed by atoms with Crippen LogP contribution in [-0.2, 0) is 13.1 Å². The topological polar surface area (TPSA) is 69.7 Å². The molecule has 6 nitrogen and oxygen atoms in total. The summed E-state index contributed by atoms with van der Waals surface area (Å²) in [5, 5.41) is 10.6. The van der Waals surface area contributed by atoms with Crippen molar-refractivity contribution < 1.29 is 4.39 Å². The molecule has 0 unspecified atom stereocenters. The first-order chi connectivity index (χ1) is 11.1. The van der Waals surface area contributed by atoms with Crippen LogP contribution in [0.15, 0.2) is 18.7 Å². The van der Waals surface area contributed by atoms with Gasteiger partial charge in [0.2, 0.25) is 0 Å². The standard InChI is InChI=1S/C16H23FN6/c1-11-16(12(2)22-21-11)7-18-6-15-3-14(17)9-23(15)8-13-4-19-10-20-5-13/h4-5,10,14-15,18H,3,6-9H2,1-2H3,(H,21,22)/t14-,15-/m0/s1. The highest BCUT2D eigenvalue weighted by Crippen LogP contribution is 2.22. The van der Waals surface area contributed by atoms with Crippen molar-refractivity contribution >= 4 is 0 Å². The largest absolute Gasteiger partial charge is 0.311 e. The summed E-state index contributed by atoms with van der Waals surface area (Å²) >= 11 is 0. The molecule has 0 radical (unpaired) electrons. The van der Waals surface area contributed by atoms with Crippen LogP contribution >= 0.6 is 0 Å². The number of nitrogens with one attached hydrogen (secondary N) is 2. The van der Waals surface area contributed by atoms with E-state index in [9.17, 15) is 4.39 Å². The monoisotopic (exact) mass is 318 g/mol. The number of likely N-dealkylation sites (tertiary alicyclic amines) is 1. The lowest BCUT2D eigenvalue weighted by Crippen LogP contribution is -2.37. The molecule has 7 heteroatoms. The Bertz CT molecular complexity index is 609. The maximum atomic E-state index is 13.8. The van der Waals surface area contributed by atoms with E-state index < -0.39 is 6.17 Å². The van der Waals surface area contributed by atoms with Gasteiger partial charge < -0.3 is 5.32 Å². The molecule has 3 rings (SSSR count). The Kier molecular flexibility index (Phi) is 4.97. The van der Waals surface area contributed by atoms with Crippen molar-refractivity contribution in [3.05, 3.63) is 41.2 Å². The van der Waals surface area contributed by atoms with Gasteiger partial charge in [0.15, 0.2) is 0 Å². The van der Waals surface area contributed by atoms with E-state index in [1.54, 1.807) is 12.4 Å². The van der Waals surface area contributed by atoms with Crippen LogP contribution < -0.4 is 5.32 Å². The molecule has 0 spiro atoms. The van der Waals surface area contributed by atoms with Crippen molar-refractivity contribution in [3.8, 4) is 0 Å². The molecular formula is C16H23FN6. The predicted molar refractivity (Wildman–Crippen MR) is 85.5 cm³/mol. The fourth-order valence-corrected chi connectivity index (χ4v) is 3.17. The van der Waals surface area contributed by atoms with Gasteiger partial charge in [-0.05, 0) is 20.3 Å². The molecule has 124 valence electrons. The second-order valence-corrected chi connectivity index (χ2v) is 6.21. The highest BCUT2D eigenvalue weighted by molar-refractivity contribution is 5.22. The molecule has 23 heavy (non-hydrogen) atoms. The number of aromatic amines is 1. The Morgan fingerprint density at radius 1 is 1.35 bits per heavy atom. The van der Waals surface area contributed by atoms with Gasteiger partial charge in [-0.2, -0.15) is 5.10 Å². The maximum Gasteiger partial charge on any atom is 0.115 e. The zero-order chi connectivity index (χ0) is 16.2. The van der Waals surface area contributed by atoms with Crippen LogP contribution in [0, 0.1) is 13.8 Å². The number of nitrogens with zero attached hydrogens (tertiary/aromatic N) is 4. The average Bonchev–Trinajstić information content (AvgIpc) is 3.04. The second-order valence-electron chi connectivity index (χ2n) is 6.21. The second kappa shape index (κ2) is 7.14. The van der Waals surface area contributed by atoms with E-state index >= 15 is 0 Å². The normalized spacial score (nSPS) is 21.9. The zero-order valence-corrected chi connectivity index (χ0v) is 13.6. The number of rotatable bonds is 6. The zero-order valence-electron chi connectivity index (χ0n) is 13.6. The van der Waals surface area contributed by atoms with E-state index in [1.807, 2.05) is 13.8 Å². The number of alkyl halides is 1. The van der Waals surface area contributed by atoms with Gasteiger partial charge in [0.05, 0.1) is 5.69 Å². The molecule has 2 atom stereocenters. The summed E-state index contributed by atoms with van der Waals surface area (Å²) in [6, 6.07) is 0.192. The van der Waals surface area contributed by atoms with E-state index in [2.05, 4.69) is 30.4 Å². The minimum Gasteiger partial charge on any atom is -0.311 e. The molecule has 1 aliphatic heterocycles. The number of H-pyrrole nitrogens is 1. The Balaban J connectivity index is 1.55. The molecule has 2 aromatic rings. The van der Waals surface area contributed by atoms with Gasteiger partial charge in [0, 0.05) is 61.4 Å². The molecule has 0 aliphatic carbocycles. The molecule has 1 aliphatic rings. The highest BCUT2D eigenvalue weighted by atomic mass is 19.1. The van der Waals surface area contributed by atoms with Gasteiger partial charge in [0.25, 0.3) is 0 Å². The van der Waals surface area contributed by atoms with Crippen LogP contribution in [0.4, 0.5) is 4.39 Å². The van der Waals surface area contributed by atoms with Crippen molar-refractivity contribution in [2.45, 2.75) is 45.6 Å². The third-order valence-electron chi connectivity index (χ3n) is 4.44. The van der Waals surface area contributed by atoms with Gasteiger partial charge in [-0.15, -0.1) is 0 Å². The summed E-state index contributed by atoms with van der Waals surface area (Å²) in [6.07, 6.45) is 4.91.